The number of hydrogen-bond acceptors (Lipinski definition) is 7. The van der Waals surface area contributed by atoms with Gasteiger partial charge < -0.3 is 14.4 Å². The number of anilines is 1. The summed E-state index contributed by atoms with van der Waals surface area (Å²) in [5.74, 6) is -1.74. The van der Waals surface area contributed by atoms with Crippen LogP contribution in [0.15, 0.2) is 36.5 Å². The molecule has 1 saturated heterocycles. The van der Waals surface area contributed by atoms with Crippen LogP contribution in [0, 0.1) is 0 Å². The number of pyridine rings is 1. The van der Waals surface area contributed by atoms with E-state index >= 15 is 0 Å². The van der Waals surface area contributed by atoms with Gasteiger partial charge in [0, 0.05) is 18.3 Å². The van der Waals surface area contributed by atoms with Crippen molar-refractivity contribution in [3.63, 3.8) is 0 Å². The first-order valence-corrected chi connectivity index (χ1v) is 10.1. The average molecular weight is 486 g/mol. The maximum atomic E-state index is 12.8. The molecule has 12 heteroatoms. The molecule has 2 aromatic rings. The zero-order valence-corrected chi connectivity index (χ0v) is 18.1. The van der Waals surface area contributed by atoms with Crippen LogP contribution < -0.4 is 15.0 Å². The predicted molar refractivity (Wildman–Crippen MR) is 111 cm³/mol. The summed E-state index contributed by atoms with van der Waals surface area (Å²) >= 11 is 5.98. The fourth-order valence-electron chi connectivity index (χ4n) is 3.27. The van der Waals surface area contributed by atoms with Gasteiger partial charge in [0.05, 0.1) is 17.7 Å². The van der Waals surface area contributed by atoms with Crippen LogP contribution in [0.1, 0.15) is 28.8 Å². The number of aromatic nitrogens is 1. The maximum absolute atomic E-state index is 12.8. The first-order chi connectivity index (χ1) is 15.6. The number of nitrogens with one attached hydrogen (secondary N) is 1. The summed E-state index contributed by atoms with van der Waals surface area (Å²) < 4.78 is 48.5. The second-order valence-electron chi connectivity index (χ2n) is 7.09. The van der Waals surface area contributed by atoms with Gasteiger partial charge in [0.25, 0.3) is 11.8 Å². The minimum atomic E-state index is -4.60. The number of halogens is 4. The molecular weight excluding hydrogens is 467 g/mol. The Bertz CT molecular complexity index is 1050. The van der Waals surface area contributed by atoms with Crippen molar-refractivity contribution in [3.05, 3.63) is 52.7 Å². The topological polar surface area (TPSA) is 97.8 Å². The summed E-state index contributed by atoms with van der Waals surface area (Å²) in [5.41, 5.74) is -0.798. The van der Waals surface area contributed by atoms with Gasteiger partial charge in [-0.15, -0.1) is 0 Å². The lowest BCUT2D eigenvalue weighted by Gasteiger charge is -2.25. The van der Waals surface area contributed by atoms with Gasteiger partial charge in [-0.3, -0.25) is 14.9 Å². The van der Waals surface area contributed by atoms with E-state index in [1.807, 2.05) is 0 Å². The monoisotopic (exact) mass is 485 g/mol. The van der Waals surface area contributed by atoms with E-state index in [4.69, 9.17) is 21.1 Å². The van der Waals surface area contributed by atoms with E-state index < -0.39 is 42.2 Å². The summed E-state index contributed by atoms with van der Waals surface area (Å²) in [7, 11) is 1.47. The van der Waals surface area contributed by atoms with Crippen LogP contribution in [0.25, 0.3) is 0 Å². The van der Waals surface area contributed by atoms with Gasteiger partial charge in [0.1, 0.15) is 17.6 Å². The fraction of sp³-hybridized carbons (Fsp3) is 0.333. The van der Waals surface area contributed by atoms with Crippen molar-refractivity contribution < 1.29 is 37.0 Å². The third-order valence-corrected chi connectivity index (χ3v) is 5.17. The Morgan fingerprint density at radius 1 is 1.24 bits per heavy atom. The number of carbonyl (C=O) groups is 3. The molecule has 0 radical (unpaired) electrons. The van der Waals surface area contributed by atoms with Gasteiger partial charge in [-0.2, -0.15) is 13.2 Å². The van der Waals surface area contributed by atoms with Gasteiger partial charge in [0.2, 0.25) is 0 Å². The van der Waals surface area contributed by atoms with Crippen LogP contribution in [-0.4, -0.2) is 49.1 Å². The van der Waals surface area contributed by atoms with Gasteiger partial charge in [-0.05, 0) is 43.2 Å². The largest absolute Gasteiger partial charge is 0.497 e. The molecule has 2 amide bonds. The minimum absolute atomic E-state index is 0.0169. The number of nitrogens with zero attached hydrogens (tertiary/aromatic N) is 2. The first-order valence-electron chi connectivity index (χ1n) is 9.74. The summed E-state index contributed by atoms with van der Waals surface area (Å²) in [4.78, 5) is 41.8. The number of esters is 1. The number of benzene rings is 1. The van der Waals surface area contributed by atoms with Crippen LogP contribution >= 0.6 is 11.6 Å². The summed E-state index contributed by atoms with van der Waals surface area (Å²) in [5, 5.41) is 1.85. The molecule has 1 aromatic heterocycles. The number of rotatable bonds is 6. The van der Waals surface area contributed by atoms with Crippen molar-refractivity contribution in [2.75, 3.05) is 25.2 Å². The third-order valence-electron chi connectivity index (χ3n) is 4.90. The Morgan fingerprint density at radius 3 is 2.55 bits per heavy atom. The molecule has 0 bridgehead atoms. The third kappa shape index (κ3) is 5.92. The van der Waals surface area contributed by atoms with Gasteiger partial charge in [-0.25, -0.2) is 9.78 Å². The van der Waals surface area contributed by atoms with Crippen LogP contribution in [0.3, 0.4) is 0 Å². The molecule has 1 aliphatic rings. The van der Waals surface area contributed by atoms with Gasteiger partial charge in [0.15, 0.2) is 6.61 Å². The highest BCUT2D eigenvalue weighted by Crippen LogP contribution is 2.35. The first kappa shape index (κ1) is 24.3. The van der Waals surface area contributed by atoms with Crippen molar-refractivity contribution in [1.29, 1.82) is 0 Å². The van der Waals surface area contributed by atoms with Crippen molar-refractivity contribution in [3.8, 4) is 5.75 Å². The molecular formula is C21H19ClF3N3O5. The molecule has 0 aliphatic carbocycles. The molecule has 1 fully saturated rings. The summed E-state index contributed by atoms with van der Waals surface area (Å²) in [6, 6.07) is 5.89. The van der Waals surface area contributed by atoms with Crippen molar-refractivity contribution >= 4 is 35.2 Å². The lowest BCUT2D eigenvalue weighted by Crippen LogP contribution is -2.40. The smallest absolute Gasteiger partial charge is 0.417 e. The molecule has 8 nitrogen and oxygen atoms in total. The molecule has 1 aromatic carbocycles. The molecule has 176 valence electrons. The molecule has 1 aliphatic heterocycles. The Morgan fingerprint density at radius 2 is 1.94 bits per heavy atom. The molecule has 1 N–H and O–H groups in total. The lowest BCUT2D eigenvalue weighted by molar-refractivity contribution is -0.149. The number of imide groups is 1. The maximum Gasteiger partial charge on any atom is 0.417 e. The van der Waals surface area contributed by atoms with Crippen LogP contribution in [0.4, 0.5) is 19.0 Å². The van der Waals surface area contributed by atoms with Gasteiger partial charge in [-0.1, -0.05) is 11.6 Å². The van der Waals surface area contributed by atoms with Crippen molar-refractivity contribution in [2.45, 2.75) is 25.1 Å². The molecule has 33 heavy (non-hydrogen) atoms. The highest BCUT2D eigenvalue weighted by Gasteiger charge is 2.36. The highest BCUT2D eigenvalue weighted by atomic mass is 35.5. The molecule has 3 rings (SSSR count). The van der Waals surface area contributed by atoms with E-state index in [0.717, 1.165) is 6.07 Å². The molecule has 0 unspecified atom stereocenters. The number of carbonyl (C=O) groups excluding carboxylic acids is 3. The zero-order chi connectivity index (χ0) is 24.2. The van der Waals surface area contributed by atoms with Crippen molar-refractivity contribution in [1.82, 2.24) is 10.3 Å². The van der Waals surface area contributed by atoms with Crippen LogP contribution in [-0.2, 0) is 20.5 Å². The highest BCUT2D eigenvalue weighted by molar-refractivity contribution is 6.33. The number of amides is 2. The van der Waals surface area contributed by atoms with E-state index in [1.54, 1.807) is 12.1 Å². The number of methoxy groups -OCH3 is 1. The lowest BCUT2D eigenvalue weighted by atomic mass is 10.2. The summed E-state index contributed by atoms with van der Waals surface area (Å²) in [6.45, 7) is -0.390. The van der Waals surface area contributed by atoms with E-state index in [2.05, 4.69) is 10.3 Å². The van der Waals surface area contributed by atoms with E-state index in [0.29, 0.717) is 31.3 Å². The predicted octanol–water partition coefficient (Wildman–Crippen LogP) is 3.23. The Kier molecular flexibility index (Phi) is 7.42. The normalized spacial score (nSPS) is 15.8. The average Bonchev–Trinajstić information content (AvgIpc) is 3.26. The fourth-order valence-corrected chi connectivity index (χ4v) is 3.55. The Hall–Kier alpha value is -3.34. The quantitative estimate of drug-likeness (QED) is 0.627. The second kappa shape index (κ2) is 10.1. The standard InChI is InChI=1S/C21H19ClF3N3O5/c1-32-14-6-4-12(5-7-14)19(30)27-17(29)11-33-20(31)16-3-2-8-28(16)18-15(22)9-13(10-26-18)21(23,24)25/h4-7,9-10,16H,2-3,8,11H2,1H3,(H,27,29,30)/t16-/m0/s1. The summed E-state index contributed by atoms with van der Waals surface area (Å²) in [6.07, 6.45) is -3.08. The SMILES string of the molecule is COc1ccc(C(=O)NC(=O)COC(=O)[C@@H]2CCCN2c2ncc(C(F)(F)F)cc2Cl)cc1. The minimum Gasteiger partial charge on any atom is -0.497 e. The number of ether oxygens (including phenoxy) is 2. The molecule has 0 spiro atoms. The Labute approximate surface area is 191 Å². The van der Waals surface area contributed by atoms with Crippen LogP contribution in [0.2, 0.25) is 5.02 Å². The second-order valence-corrected chi connectivity index (χ2v) is 7.50. The van der Waals surface area contributed by atoms with Gasteiger partial charge >= 0.3 is 12.1 Å². The Balaban J connectivity index is 1.58. The molecule has 0 saturated carbocycles. The zero-order valence-electron chi connectivity index (χ0n) is 17.3. The van der Waals surface area contributed by atoms with E-state index in [1.165, 1.54) is 24.1 Å². The van der Waals surface area contributed by atoms with Crippen LogP contribution in [0.5, 0.6) is 5.75 Å². The van der Waals surface area contributed by atoms with E-state index in [-0.39, 0.29) is 16.4 Å². The molecule has 2 heterocycles. The van der Waals surface area contributed by atoms with Crippen molar-refractivity contribution in [2.24, 2.45) is 0 Å². The number of hydrogen-bond donors (Lipinski definition) is 1. The number of alkyl halides is 3. The van der Waals surface area contributed by atoms with E-state index in [9.17, 15) is 27.6 Å². The molecule has 1 atom stereocenters.